The van der Waals surface area contributed by atoms with Crippen molar-refractivity contribution in [2.45, 2.75) is 38.5 Å². The summed E-state index contributed by atoms with van der Waals surface area (Å²) in [5, 5.41) is 3.50. The molecule has 1 aromatic rings. The van der Waals surface area contributed by atoms with Gasteiger partial charge in [-0.3, -0.25) is 4.99 Å². The molecule has 2 rings (SSSR count). The van der Waals surface area contributed by atoms with Crippen LogP contribution in [0, 0.1) is 6.92 Å². The average Bonchev–Trinajstić information content (AvgIpc) is 2.61. The number of piperidine rings is 1. The number of guanidine groups is 1. The van der Waals surface area contributed by atoms with Crippen molar-refractivity contribution in [2.75, 3.05) is 39.0 Å². The molecule has 4 nitrogen and oxygen atoms in total. The molecule has 1 fully saturated rings. The molecule has 0 amide bonds. The Morgan fingerprint density at radius 1 is 1.29 bits per heavy atom. The Labute approximate surface area is 151 Å². The number of hydrogen-bond acceptors (Lipinski definition) is 3. The van der Waals surface area contributed by atoms with Gasteiger partial charge in [0.05, 0.1) is 6.10 Å². The minimum absolute atomic E-state index is 0.425. The van der Waals surface area contributed by atoms with Gasteiger partial charge in [-0.2, -0.15) is 11.8 Å². The third kappa shape index (κ3) is 6.36. The highest BCUT2D eigenvalue weighted by atomic mass is 32.2. The molecule has 0 aromatic heterocycles. The number of rotatable bonds is 7. The van der Waals surface area contributed by atoms with Crippen molar-refractivity contribution in [1.29, 1.82) is 0 Å². The van der Waals surface area contributed by atoms with Crippen molar-refractivity contribution in [1.82, 2.24) is 10.2 Å². The first kappa shape index (κ1) is 19.1. The van der Waals surface area contributed by atoms with E-state index in [1.807, 2.05) is 18.8 Å². The summed E-state index contributed by atoms with van der Waals surface area (Å²) in [6.45, 7) is 8.02. The minimum Gasteiger partial charge on any atom is -0.378 e. The normalized spacial score (nSPS) is 16.5. The molecule has 1 aliphatic heterocycles. The van der Waals surface area contributed by atoms with Gasteiger partial charge in [0.25, 0.3) is 0 Å². The van der Waals surface area contributed by atoms with E-state index in [1.54, 1.807) is 0 Å². The van der Waals surface area contributed by atoms with Gasteiger partial charge in [-0.15, -0.1) is 0 Å². The third-order valence-electron chi connectivity index (χ3n) is 4.27. The van der Waals surface area contributed by atoms with Crippen LogP contribution in [0.5, 0.6) is 0 Å². The Bertz CT molecular complexity index is 496. The number of nitrogens with zero attached hydrogens (tertiary/aromatic N) is 2. The number of hydrogen-bond donors (Lipinski definition) is 1. The second kappa shape index (κ2) is 10.6. The third-order valence-corrected chi connectivity index (χ3v) is 5.30. The molecule has 1 aromatic carbocycles. The molecule has 1 aliphatic rings. The first-order valence-corrected chi connectivity index (χ1v) is 10.1. The quantitative estimate of drug-likeness (QED) is 0.465. The Hall–Kier alpha value is -1.20. The fourth-order valence-electron chi connectivity index (χ4n) is 2.91. The summed E-state index contributed by atoms with van der Waals surface area (Å²) in [7, 11) is 1.87. The maximum atomic E-state index is 5.72. The molecule has 1 heterocycles. The number of likely N-dealkylation sites (tertiary alicyclic amines) is 1. The smallest absolute Gasteiger partial charge is 0.193 e. The van der Waals surface area contributed by atoms with Gasteiger partial charge >= 0.3 is 0 Å². The van der Waals surface area contributed by atoms with Crippen LogP contribution in [0.25, 0.3) is 0 Å². The highest BCUT2D eigenvalue weighted by Crippen LogP contribution is 2.14. The molecular formula is C19H31N3OS. The molecule has 24 heavy (non-hydrogen) atoms. The molecule has 0 bridgehead atoms. The Kier molecular flexibility index (Phi) is 8.47. The second-order valence-electron chi connectivity index (χ2n) is 6.15. The lowest BCUT2D eigenvalue weighted by atomic mass is 10.1. The highest BCUT2D eigenvalue weighted by Gasteiger charge is 2.21. The van der Waals surface area contributed by atoms with E-state index in [-0.39, 0.29) is 0 Å². The summed E-state index contributed by atoms with van der Waals surface area (Å²) in [4.78, 5) is 6.78. The molecule has 0 aliphatic carbocycles. The first-order chi connectivity index (χ1) is 11.7. The van der Waals surface area contributed by atoms with Crippen LogP contribution in [0.2, 0.25) is 0 Å². The van der Waals surface area contributed by atoms with Gasteiger partial charge in [-0.1, -0.05) is 29.8 Å². The molecule has 5 heteroatoms. The molecular weight excluding hydrogens is 318 g/mol. The van der Waals surface area contributed by atoms with E-state index in [0.717, 1.165) is 56.5 Å². The number of aliphatic imine (C=N–C) groups is 1. The van der Waals surface area contributed by atoms with Gasteiger partial charge in [0.2, 0.25) is 0 Å². The Balaban J connectivity index is 1.62. The molecule has 0 spiro atoms. The van der Waals surface area contributed by atoms with E-state index >= 15 is 0 Å². The summed E-state index contributed by atoms with van der Waals surface area (Å²) in [6, 6.07) is 8.80. The van der Waals surface area contributed by atoms with Crippen molar-refractivity contribution >= 4 is 17.7 Å². The largest absolute Gasteiger partial charge is 0.378 e. The molecule has 0 unspecified atom stereocenters. The molecule has 1 saturated heterocycles. The Morgan fingerprint density at radius 3 is 2.62 bits per heavy atom. The average molecular weight is 350 g/mol. The van der Waals surface area contributed by atoms with Crippen LogP contribution in [0.1, 0.15) is 30.9 Å². The van der Waals surface area contributed by atoms with Gasteiger partial charge in [-0.05, 0) is 32.3 Å². The number of thioether (sulfide) groups is 1. The SMILES string of the molecule is CCOC1CCN(C(=NC)NCCSCc2ccc(C)cc2)CC1. The number of aryl methyl sites for hydroxylation is 1. The summed E-state index contributed by atoms with van der Waals surface area (Å²) >= 11 is 1.96. The summed E-state index contributed by atoms with van der Waals surface area (Å²) < 4.78 is 5.72. The Morgan fingerprint density at radius 2 is 2.00 bits per heavy atom. The maximum absolute atomic E-state index is 5.72. The van der Waals surface area contributed by atoms with Crippen molar-refractivity contribution in [3.05, 3.63) is 35.4 Å². The molecule has 0 radical (unpaired) electrons. The standard InChI is InChI=1S/C19H31N3OS/c1-4-23-18-9-12-22(13-10-18)19(20-3)21-11-14-24-15-17-7-5-16(2)6-8-17/h5-8,18H,4,9-15H2,1-3H3,(H,20,21). The van der Waals surface area contributed by atoms with E-state index in [2.05, 4.69) is 53.3 Å². The van der Waals surface area contributed by atoms with Gasteiger partial charge in [0.1, 0.15) is 0 Å². The van der Waals surface area contributed by atoms with Gasteiger partial charge in [-0.25, -0.2) is 0 Å². The maximum Gasteiger partial charge on any atom is 0.193 e. The van der Waals surface area contributed by atoms with E-state index in [1.165, 1.54) is 11.1 Å². The zero-order valence-corrected chi connectivity index (χ0v) is 16.1. The van der Waals surface area contributed by atoms with Crippen LogP contribution in [-0.4, -0.2) is 56.0 Å². The highest BCUT2D eigenvalue weighted by molar-refractivity contribution is 7.98. The summed E-state index contributed by atoms with van der Waals surface area (Å²) in [6.07, 6.45) is 2.61. The lowest BCUT2D eigenvalue weighted by Gasteiger charge is -2.34. The van der Waals surface area contributed by atoms with E-state index in [9.17, 15) is 0 Å². The topological polar surface area (TPSA) is 36.9 Å². The van der Waals surface area contributed by atoms with Crippen molar-refractivity contribution in [3.8, 4) is 0 Å². The van der Waals surface area contributed by atoms with Gasteiger partial charge in [0.15, 0.2) is 5.96 Å². The van der Waals surface area contributed by atoms with E-state index in [0.29, 0.717) is 6.10 Å². The van der Waals surface area contributed by atoms with Crippen LogP contribution < -0.4 is 5.32 Å². The molecule has 0 saturated carbocycles. The van der Waals surface area contributed by atoms with E-state index in [4.69, 9.17) is 4.74 Å². The second-order valence-corrected chi connectivity index (χ2v) is 7.26. The van der Waals surface area contributed by atoms with Crippen molar-refractivity contribution in [2.24, 2.45) is 4.99 Å². The summed E-state index contributed by atoms with van der Waals surface area (Å²) in [5.41, 5.74) is 2.72. The zero-order valence-electron chi connectivity index (χ0n) is 15.3. The summed E-state index contributed by atoms with van der Waals surface area (Å²) in [5.74, 6) is 3.18. The van der Waals surface area contributed by atoms with Crippen LogP contribution >= 0.6 is 11.8 Å². The predicted molar refractivity (Wildman–Crippen MR) is 105 cm³/mol. The van der Waals surface area contributed by atoms with Crippen LogP contribution in [0.3, 0.4) is 0 Å². The lowest BCUT2D eigenvalue weighted by Crippen LogP contribution is -2.47. The van der Waals surface area contributed by atoms with Crippen molar-refractivity contribution < 1.29 is 4.74 Å². The number of nitrogens with one attached hydrogen (secondary N) is 1. The predicted octanol–water partition coefficient (Wildman–Crippen LogP) is 3.30. The lowest BCUT2D eigenvalue weighted by molar-refractivity contribution is 0.0264. The monoisotopic (exact) mass is 349 g/mol. The number of ether oxygens (including phenoxy) is 1. The van der Waals surface area contributed by atoms with Crippen LogP contribution in [0.15, 0.2) is 29.3 Å². The van der Waals surface area contributed by atoms with Crippen molar-refractivity contribution in [3.63, 3.8) is 0 Å². The number of benzene rings is 1. The zero-order chi connectivity index (χ0) is 17.2. The van der Waals surface area contributed by atoms with Crippen LogP contribution in [0.4, 0.5) is 0 Å². The minimum atomic E-state index is 0.425. The first-order valence-electron chi connectivity index (χ1n) is 8.93. The van der Waals surface area contributed by atoms with Crippen LogP contribution in [-0.2, 0) is 10.5 Å². The fraction of sp³-hybridized carbons (Fsp3) is 0.632. The molecule has 0 atom stereocenters. The molecule has 134 valence electrons. The molecule has 1 N–H and O–H groups in total. The van der Waals surface area contributed by atoms with Gasteiger partial charge in [0, 0.05) is 44.8 Å². The van der Waals surface area contributed by atoms with E-state index < -0.39 is 0 Å². The fourth-order valence-corrected chi connectivity index (χ4v) is 3.73. The van der Waals surface area contributed by atoms with Gasteiger partial charge < -0.3 is 15.0 Å².